The molecule has 0 unspecified atom stereocenters. The summed E-state index contributed by atoms with van der Waals surface area (Å²) < 4.78 is 11.9. The number of aromatic amines is 1. The summed E-state index contributed by atoms with van der Waals surface area (Å²) in [6.07, 6.45) is 1.44. The number of nitrogens with one attached hydrogen (secondary N) is 1. The predicted octanol–water partition coefficient (Wildman–Crippen LogP) is 0.887. The molecule has 7 heteroatoms. The van der Waals surface area contributed by atoms with Gasteiger partial charge in [0.2, 0.25) is 0 Å². The van der Waals surface area contributed by atoms with Crippen molar-refractivity contribution in [1.82, 2.24) is 14.5 Å². The van der Waals surface area contributed by atoms with Crippen LogP contribution in [0.2, 0.25) is 0 Å². The Kier molecular flexibility index (Phi) is 3.26. The van der Waals surface area contributed by atoms with E-state index < -0.39 is 0 Å². The number of nitrogens with zero attached hydrogens (tertiary/aromatic N) is 2. The molecule has 21 heavy (non-hydrogen) atoms. The molecule has 0 aliphatic carbocycles. The number of benzene rings is 1. The fraction of sp³-hybridized carbons (Fsp3) is 0.286. The largest absolute Gasteiger partial charge is 0.493 e. The van der Waals surface area contributed by atoms with E-state index in [0.717, 1.165) is 10.9 Å². The molecule has 2 N–H and O–H groups in total. The SMILES string of the molecule is COc1cc2[nH]c3c(=O)n(CCO)cnc3c2cc1OC. The zero-order valence-electron chi connectivity index (χ0n) is 11.7. The smallest absolute Gasteiger partial charge is 0.277 e. The summed E-state index contributed by atoms with van der Waals surface area (Å²) in [4.78, 5) is 19.7. The van der Waals surface area contributed by atoms with Gasteiger partial charge in [-0.1, -0.05) is 0 Å². The number of aromatic nitrogens is 3. The summed E-state index contributed by atoms with van der Waals surface area (Å²) in [6, 6.07) is 3.56. The van der Waals surface area contributed by atoms with Crippen LogP contribution in [0.1, 0.15) is 0 Å². The topological polar surface area (TPSA) is 89.4 Å². The van der Waals surface area contributed by atoms with Crippen LogP contribution in [0.4, 0.5) is 0 Å². The molecule has 0 saturated carbocycles. The molecule has 0 spiro atoms. The zero-order valence-corrected chi connectivity index (χ0v) is 11.7. The Morgan fingerprint density at radius 1 is 1.29 bits per heavy atom. The van der Waals surface area contributed by atoms with Gasteiger partial charge in [0.15, 0.2) is 11.5 Å². The highest BCUT2D eigenvalue weighted by Gasteiger charge is 2.14. The molecule has 0 saturated heterocycles. The van der Waals surface area contributed by atoms with E-state index in [-0.39, 0.29) is 18.7 Å². The van der Waals surface area contributed by atoms with Crippen molar-refractivity contribution in [3.8, 4) is 11.5 Å². The van der Waals surface area contributed by atoms with Gasteiger partial charge in [0.05, 0.1) is 39.2 Å². The first-order valence-corrected chi connectivity index (χ1v) is 6.43. The molecule has 0 aliphatic heterocycles. The van der Waals surface area contributed by atoms with E-state index >= 15 is 0 Å². The van der Waals surface area contributed by atoms with Crippen LogP contribution in [-0.4, -0.2) is 40.5 Å². The lowest BCUT2D eigenvalue weighted by Crippen LogP contribution is -2.22. The lowest BCUT2D eigenvalue weighted by Gasteiger charge is -2.06. The number of hydrogen-bond acceptors (Lipinski definition) is 5. The van der Waals surface area contributed by atoms with Crippen molar-refractivity contribution in [1.29, 1.82) is 0 Å². The van der Waals surface area contributed by atoms with E-state index in [0.29, 0.717) is 22.5 Å². The lowest BCUT2D eigenvalue weighted by molar-refractivity contribution is 0.274. The van der Waals surface area contributed by atoms with Crippen LogP contribution in [0.5, 0.6) is 11.5 Å². The maximum absolute atomic E-state index is 12.3. The van der Waals surface area contributed by atoms with Gasteiger partial charge >= 0.3 is 0 Å². The highest BCUT2D eigenvalue weighted by molar-refractivity contribution is 6.05. The molecule has 0 fully saturated rings. The fourth-order valence-corrected chi connectivity index (χ4v) is 2.39. The van der Waals surface area contributed by atoms with Crippen LogP contribution >= 0.6 is 0 Å². The number of aliphatic hydroxyl groups is 1. The Hall–Kier alpha value is -2.54. The number of fused-ring (bicyclic) bond motifs is 3. The van der Waals surface area contributed by atoms with E-state index in [4.69, 9.17) is 14.6 Å². The quantitative estimate of drug-likeness (QED) is 0.744. The molecule has 0 atom stereocenters. The first kappa shape index (κ1) is 13.4. The molecule has 1 aromatic carbocycles. The lowest BCUT2D eigenvalue weighted by atomic mass is 10.2. The third kappa shape index (κ3) is 2.02. The molecule has 2 heterocycles. The molecule has 0 bridgehead atoms. The van der Waals surface area contributed by atoms with Crippen LogP contribution < -0.4 is 15.0 Å². The molecular formula is C14H15N3O4. The maximum atomic E-state index is 12.3. The van der Waals surface area contributed by atoms with Crippen LogP contribution in [0.15, 0.2) is 23.3 Å². The van der Waals surface area contributed by atoms with Gasteiger partial charge in [-0.2, -0.15) is 0 Å². The molecule has 110 valence electrons. The molecule has 0 radical (unpaired) electrons. The summed E-state index contributed by atoms with van der Waals surface area (Å²) in [7, 11) is 3.11. The van der Waals surface area contributed by atoms with E-state index in [2.05, 4.69) is 9.97 Å². The minimum absolute atomic E-state index is 0.116. The Balaban J connectivity index is 2.34. The van der Waals surface area contributed by atoms with Crippen molar-refractivity contribution >= 4 is 21.9 Å². The van der Waals surface area contributed by atoms with E-state index in [1.165, 1.54) is 10.9 Å². The molecule has 3 rings (SSSR count). The van der Waals surface area contributed by atoms with Gasteiger partial charge in [-0.05, 0) is 6.07 Å². The van der Waals surface area contributed by atoms with Crippen molar-refractivity contribution in [2.45, 2.75) is 6.54 Å². The summed E-state index contributed by atoms with van der Waals surface area (Å²) >= 11 is 0. The van der Waals surface area contributed by atoms with Crippen molar-refractivity contribution in [2.75, 3.05) is 20.8 Å². The third-order valence-electron chi connectivity index (χ3n) is 3.42. The van der Waals surface area contributed by atoms with Crippen LogP contribution in [0, 0.1) is 0 Å². The maximum Gasteiger partial charge on any atom is 0.277 e. The Labute approximate surface area is 119 Å². The van der Waals surface area contributed by atoms with Crippen molar-refractivity contribution in [3.05, 3.63) is 28.8 Å². The first-order valence-electron chi connectivity index (χ1n) is 6.43. The number of aliphatic hydroxyl groups excluding tert-OH is 1. The molecule has 7 nitrogen and oxygen atoms in total. The Morgan fingerprint density at radius 3 is 2.67 bits per heavy atom. The average Bonchev–Trinajstić information content (AvgIpc) is 2.87. The number of ether oxygens (including phenoxy) is 2. The van der Waals surface area contributed by atoms with Gasteiger partial charge in [-0.25, -0.2) is 4.98 Å². The van der Waals surface area contributed by atoms with Crippen LogP contribution in [0.3, 0.4) is 0 Å². The Morgan fingerprint density at radius 2 is 2.00 bits per heavy atom. The number of methoxy groups -OCH3 is 2. The van der Waals surface area contributed by atoms with Crippen LogP contribution in [0.25, 0.3) is 21.9 Å². The van der Waals surface area contributed by atoms with Gasteiger partial charge in [-0.3, -0.25) is 9.36 Å². The average molecular weight is 289 g/mol. The minimum atomic E-state index is -0.219. The third-order valence-corrected chi connectivity index (χ3v) is 3.42. The zero-order chi connectivity index (χ0) is 15.0. The van der Waals surface area contributed by atoms with Crippen molar-refractivity contribution < 1.29 is 14.6 Å². The van der Waals surface area contributed by atoms with Crippen molar-refractivity contribution in [2.24, 2.45) is 0 Å². The van der Waals surface area contributed by atoms with E-state index in [1.54, 1.807) is 26.4 Å². The molecule has 0 aliphatic rings. The molecule has 0 amide bonds. The number of H-pyrrole nitrogens is 1. The second-order valence-corrected chi connectivity index (χ2v) is 4.57. The van der Waals surface area contributed by atoms with Gasteiger partial charge in [0, 0.05) is 11.5 Å². The minimum Gasteiger partial charge on any atom is -0.493 e. The summed E-state index contributed by atoms with van der Waals surface area (Å²) in [5.41, 5.74) is 1.50. The Bertz CT molecular complexity index is 866. The predicted molar refractivity (Wildman–Crippen MR) is 78.0 cm³/mol. The summed E-state index contributed by atoms with van der Waals surface area (Å²) in [6.45, 7) is 0.0960. The van der Waals surface area contributed by atoms with Gasteiger partial charge in [0.25, 0.3) is 5.56 Å². The summed E-state index contributed by atoms with van der Waals surface area (Å²) in [5.74, 6) is 1.15. The van der Waals surface area contributed by atoms with E-state index in [9.17, 15) is 4.79 Å². The second kappa shape index (κ2) is 5.10. The highest BCUT2D eigenvalue weighted by Crippen LogP contribution is 2.34. The fourth-order valence-electron chi connectivity index (χ4n) is 2.39. The normalized spacial score (nSPS) is 11.2. The highest BCUT2D eigenvalue weighted by atomic mass is 16.5. The molecule has 3 aromatic rings. The first-order chi connectivity index (χ1) is 10.2. The van der Waals surface area contributed by atoms with Crippen LogP contribution in [-0.2, 0) is 6.54 Å². The standard InChI is InChI=1S/C14H15N3O4/c1-20-10-5-8-9(6-11(10)21-2)16-13-12(8)15-7-17(3-4-18)14(13)19/h5-7,16,18H,3-4H2,1-2H3. The van der Waals surface area contributed by atoms with Gasteiger partial charge < -0.3 is 19.6 Å². The summed E-state index contributed by atoms with van der Waals surface area (Å²) in [5, 5.41) is 9.75. The number of hydrogen-bond donors (Lipinski definition) is 2. The van der Waals surface area contributed by atoms with Gasteiger partial charge in [-0.15, -0.1) is 0 Å². The van der Waals surface area contributed by atoms with Crippen molar-refractivity contribution in [3.63, 3.8) is 0 Å². The van der Waals surface area contributed by atoms with Gasteiger partial charge in [0.1, 0.15) is 11.0 Å². The molecule has 2 aromatic heterocycles. The number of rotatable bonds is 4. The second-order valence-electron chi connectivity index (χ2n) is 4.57. The van der Waals surface area contributed by atoms with E-state index in [1.807, 2.05) is 0 Å². The molecular weight excluding hydrogens is 274 g/mol. The monoisotopic (exact) mass is 289 g/mol.